The van der Waals surface area contributed by atoms with Gasteiger partial charge in [-0.1, -0.05) is 51.9 Å². The van der Waals surface area contributed by atoms with Gasteiger partial charge in [-0.3, -0.25) is 4.79 Å². The minimum atomic E-state index is -0.491. The SMILES string of the molecule is CCCCCCCCCCNC(=O)c1ccc(F)c(N)c1. The van der Waals surface area contributed by atoms with Crippen LogP contribution in [-0.4, -0.2) is 12.5 Å². The van der Waals surface area contributed by atoms with Crippen molar-refractivity contribution < 1.29 is 9.18 Å². The summed E-state index contributed by atoms with van der Waals surface area (Å²) in [5.74, 6) is -0.681. The number of anilines is 1. The van der Waals surface area contributed by atoms with E-state index >= 15 is 0 Å². The Hall–Kier alpha value is -1.58. The number of nitrogens with one attached hydrogen (secondary N) is 1. The molecule has 118 valence electrons. The predicted molar refractivity (Wildman–Crippen MR) is 85.8 cm³/mol. The first-order chi connectivity index (χ1) is 10.1. The van der Waals surface area contributed by atoms with E-state index in [1.807, 2.05) is 0 Å². The molecule has 0 unspecified atom stereocenters. The molecule has 4 heteroatoms. The molecule has 0 aliphatic heterocycles. The molecule has 21 heavy (non-hydrogen) atoms. The van der Waals surface area contributed by atoms with Gasteiger partial charge in [-0.05, 0) is 24.6 Å². The van der Waals surface area contributed by atoms with Gasteiger partial charge in [0.05, 0.1) is 5.69 Å². The fraction of sp³-hybridized carbons (Fsp3) is 0.588. The Kier molecular flexibility index (Phi) is 8.48. The van der Waals surface area contributed by atoms with Crippen LogP contribution in [0.2, 0.25) is 0 Å². The number of hydrogen-bond donors (Lipinski definition) is 2. The molecule has 0 bridgehead atoms. The number of rotatable bonds is 10. The van der Waals surface area contributed by atoms with Crippen molar-refractivity contribution in [2.75, 3.05) is 12.3 Å². The van der Waals surface area contributed by atoms with E-state index in [4.69, 9.17) is 5.73 Å². The maximum atomic E-state index is 13.0. The standard InChI is InChI=1S/C17H27FN2O/c1-2-3-4-5-6-7-8-9-12-20-17(21)14-10-11-15(18)16(19)13-14/h10-11,13H,2-9,12,19H2,1H3,(H,20,21). The van der Waals surface area contributed by atoms with Gasteiger partial charge in [0.15, 0.2) is 0 Å². The minimum absolute atomic E-state index is 0.00901. The third-order valence-corrected chi connectivity index (χ3v) is 3.57. The van der Waals surface area contributed by atoms with E-state index in [-0.39, 0.29) is 11.6 Å². The van der Waals surface area contributed by atoms with Gasteiger partial charge in [0.1, 0.15) is 5.82 Å². The van der Waals surface area contributed by atoms with Crippen LogP contribution in [0.1, 0.15) is 68.6 Å². The van der Waals surface area contributed by atoms with Gasteiger partial charge in [-0.2, -0.15) is 0 Å². The summed E-state index contributed by atoms with van der Waals surface area (Å²) in [6.45, 7) is 2.88. The van der Waals surface area contributed by atoms with E-state index in [1.54, 1.807) is 0 Å². The second-order valence-corrected chi connectivity index (χ2v) is 5.47. The first-order valence-corrected chi connectivity index (χ1v) is 7.98. The molecule has 1 aromatic carbocycles. The molecular formula is C17H27FN2O. The van der Waals surface area contributed by atoms with Crippen LogP contribution in [-0.2, 0) is 0 Å². The molecule has 1 aromatic rings. The number of amides is 1. The van der Waals surface area contributed by atoms with Crippen LogP contribution in [0, 0.1) is 5.82 Å². The molecule has 0 fully saturated rings. The summed E-state index contributed by atoms with van der Waals surface area (Å²) in [5, 5.41) is 2.84. The predicted octanol–water partition coefficient (Wildman–Crippen LogP) is 4.28. The molecule has 0 heterocycles. The number of hydrogen-bond acceptors (Lipinski definition) is 2. The van der Waals surface area contributed by atoms with E-state index in [1.165, 1.54) is 56.7 Å². The summed E-state index contributed by atoms with van der Waals surface area (Å²) in [5.41, 5.74) is 5.87. The average molecular weight is 294 g/mol. The molecule has 3 nitrogen and oxygen atoms in total. The third-order valence-electron chi connectivity index (χ3n) is 3.57. The van der Waals surface area contributed by atoms with E-state index in [0.717, 1.165) is 12.8 Å². The van der Waals surface area contributed by atoms with Crippen molar-refractivity contribution in [2.24, 2.45) is 0 Å². The topological polar surface area (TPSA) is 55.1 Å². The van der Waals surface area contributed by atoms with E-state index in [9.17, 15) is 9.18 Å². The van der Waals surface area contributed by atoms with Crippen molar-refractivity contribution >= 4 is 11.6 Å². The molecule has 0 aromatic heterocycles. The lowest BCUT2D eigenvalue weighted by Crippen LogP contribution is -2.24. The van der Waals surface area contributed by atoms with Gasteiger partial charge in [0.2, 0.25) is 0 Å². The molecule has 0 atom stereocenters. The van der Waals surface area contributed by atoms with Gasteiger partial charge in [-0.15, -0.1) is 0 Å². The van der Waals surface area contributed by atoms with Crippen molar-refractivity contribution in [3.05, 3.63) is 29.6 Å². The van der Waals surface area contributed by atoms with Gasteiger partial charge in [0, 0.05) is 12.1 Å². The second-order valence-electron chi connectivity index (χ2n) is 5.47. The average Bonchev–Trinajstić information content (AvgIpc) is 2.48. The van der Waals surface area contributed by atoms with Crippen LogP contribution in [0.25, 0.3) is 0 Å². The highest BCUT2D eigenvalue weighted by atomic mass is 19.1. The Morgan fingerprint density at radius 1 is 1.10 bits per heavy atom. The van der Waals surface area contributed by atoms with Crippen molar-refractivity contribution in [3.8, 4) is 0 Å². The zero-order valence-corrected chi connectivity index (χ0v) is 13.0. The van der Waals surface area contributed by atoms with Crippen molar-refractivity contribution in [3.63, 3.8) is 0 Å². The van der Waals surface area contributed by atoms with E-state index in [2.05, 4.69) is 12.2 Å². The lowest BCUT2D eigenvalue weighted by atomic mass is 10.1. The first-order valence-electron chi connectivity index (χ1n) is 7.98. The fourth-order valence-corrected chi connectivity index (χ4v) is 2.25. The molecule has 0 aliphatic rings. The number of benzene rings is 1. The van der Waals surface area contributed by atoms with Crippen LogP contribution in [0.5, 0.6) is 0 Å². The zero-order valence-electron chi connectivity index (χ0n) is 13.0. The molecule has 1 rings (SSSR count). The highest BCUT2D eigenvalue weighted by molar-refractivity contribution is 5.94. The summed E-state index contributed by atoms with van der Waals surface area (Å²) in [7, 11) is 0. The Bertz CT molecular complexity index is 435. The van der Waals surface area contributed by atoms with Gasteiger partial charge in [0.25, 0.3) is 5.91 Å². The lowest BCUT2D eigenvalue weighted by Gasteiger charge is -2.06. The van der Waals surface area contributed by atoms with Gasteiger partial charge in [-0.25, -0.2) is 4.39 Å². The van der Waals surface area contributed by atoms with Crippen molar-refractivity contribution in [1.82, 2.24) is 5.32 Å². The molecule has 1 amide bonds. The normalized spacial score (nSPS) is 10.6. The first kappa shape index (κ1) is 17.5. The largest absolute Gasteiger partial charge is 0.396 e. The number of nitrogen functional groups attached to an aromatic ring is 1. The molecular weight excluding hydrogens is 267 g/mol. The van der Waals surface area contributed by atoms with Crippen LogP contribution < -0.4 is 11.1 Å². The molecule has 0 aliphatic carbocycles. The highest BCUT2D eigenvalue weighted by Gasteiger charge is 2.07. The zero-order chi connectivity index (χ0) is 15.5. The number of nitrogens with two attached hydrogens (primary N) is 1. The van der Waals surface area contributed by atoms with Crippen LogP contribution in [0.3, 0.4) is 0 Å². The summed E-state index contributed by atoms with van der Waals surface area (Å²) in [6.07, 6.45) is 9.88. The van der Waals surface area contributed by atoms with E-state index < -0.39 is 5.82 Å². The Labute approximate surface area is 127 Å². The molecule has 0 saturated carbocycles. The maximum Gasteiger partial charge on any atom is 0.251 e. The quantitative estimate of drug-likeness (QED) is 0.500. The fourth-order valence-electron chi connectivity index (χ4n) is 2.25. The summed E-state index contributed by atoms with van der Waals surface area (Å²) in [4.78, 5) is 11.8. The number of carbonyl (C=O) groups is 1. The maximum absolute atomic E-state index is 13.0. The number of carbonyl (C=O) groups excluding carboxylic acids is 1. The van der Waals surface area contributed by atoms with Crippen molar-refractivity contribution in [1.29, 1.82) is 0 Å². The second kappa shape index (κ2) is 10.2. The lowest BCUT2D eigenvalue weighted by molar-refractivity contribution is 0.0953. The molecule has 0 spiro atoms. The van der Waals surface area contributed by atoms with Crippen LogP contribution in [0.15, 0.2) is 18.2 Å². The molecule has 0 radical (unpaired) electrons. The summed E-state index contributed by atoms with van der Waals surface area (Å²) >= 11 is 0. The Morgan fingerprint density at radius 2 is 1.71 bits per heavy atom. The molecule has 0 saturated heterocycles. The number of unbranched alkanes of at least 4 members (excludes halogenated alkanes) is 7. The molecule has 3 N–H and O–H groups in total. The summed E-state index contributed by atoms with van der Waals surface area (Å²) in [6, 6.07) is 4.05. The minimum Gasteiger partial charge on any atom is -0.396 e. The van der Waals surface area contributed by atoms with Gasteiger partial charge < -0.3 is 11.1 Å². The number of halogens is 1. The Balaban J connectivity index is 2.09. The van der Waals surface area contributed by atoms with Gasteiger partial charge >= 0.3 is 0 Å². The Morgan fingerprint density at radius 3 is 2.33 bits per heavy atom. The van der Waals surface area contributed by atoms with Crippen molar-refractivity contribution in [2.45, 2.75) is 58.3 Å². The smallest absolute Gasteiger partial charge is 0.251 e. The monoisotopic (exact) mass is 294 g/mol. The van der Waals surface area contributed by atoms with E-state index in [0.29, 0.717) is 12.1 Å². The van der Waals surface area contributed by atoms with Crippen LogP contribution in [0.4, 0.5) is 10.1 Å². The van der Waals surface area contributed by atoms with Crippen LogP contribution >= 0.6 is 0 Å². The summed E-state index contributed by atoms with van der Waals surface area (Å²) < 4.78 is 13.0. The third kappa shape index (κ3) is 7.11. The highest BCUT2D eigenvalue weighted by Crippen LogP contribution is 2.12.